The molecule has 0 saturated carbocycles. The fourth-order valence-electron chi connectivity index (χ4n) is 7.41. The molecule has 9 rings (SSSR count). The number of nitrogens with one attached hydrogen (secondary N) is 2. The largest absolute Gasteiger partial charge is 0.398 e. The number of para-hydroxylation sites is 1. The third kappa shape index (κ3) is 6.73. The topological polar surface area (TPSA) is 83.4 Å². The Labute approximate surface area is 344 Å². The Morgan fingerprint density at radius 1 is 0.400 bits per heavy atom. The number of rotatable bonds is 7. The lowest BCUT2D eigenvalue weighted by Gasteiger charge is -2.09. The molecule has 0 amide bonds. The Morgan fingerprint density at radius 2 is 0.727 bits per heavy atom. The van der Waals surface area contributed by atoms with Crippen LogP contribution >= 0.6 is 47.8 Å². The Hall–Kier alpha value is -5.28. The normalized spacial score (nSPS) is 12.1. The van der Waals surface area contributed by atoms with Crippen molar-refractivity contribution in [2.24, 2.45) is 0 Å². The van der Waals surface area contributed by atoms with Crippen LogP contribution in [0.15, 0.2) is 121 Å². The summed E-state index contributed by atoms with van der Waals surface area (Å²) in [4.78, 5) is 18.5. The van der Waals surface area contributed by atoms with Crippen molar-refractivity contribution >= 4 is 99.8 Å². The molecule has 0 radical (unpaired) electrons. The number of anilines is 1. The van der Waals surface area contributed by atoms with Crippen molar-refractivity contribution in [1.29, 1.82) is 0 Å². The second-order valence-corrected chi connectivity index (χ2v) is 15.3. The van der Waals surface area contributed by atoms with E-state index in [4.69, 9.17) is 15.7 Å². The third-order valence-electron chi connectivity index (χ3n) is 10.2. The number of hydrogen-bond donors (Lipinski definition) is 3. The molecule has 7 aromatic rings. The zero-order valence-corrected chi connectivity index (χ0v) is 34.3. The molecule has 0 unspecified atom stereocenters. The maximum atomic E-state index is 6.72. The van der Waals surface area contributed by atoms with Crippen LogP contribution in [-0.2, 0) is 16.0 Å². The van der Waals surface area contributed by atoms with Gasteiger partial charge in [-0.25, -0.2) is 9.97 Å². The van der Waals surface area contributed by atoms with Crippen molar-refractivity contribution in [3.05, 3.63) is 161 Å². The zero-order chi connectivity index (χ0) is 37.5. The van der Waals surface area contributed by atoms with Gasteiger partial charge in [-0.15, -0.1) is 0 Å². The van der Waals surface area contributed by atoms with Gasteiger partial charge in [0.1, 0.15) is 0 Å². The Bertz CT molecular complexity index is 2770. The van der Waals surface area contributed by atoms with Gasteiger partial charge in [-0.05, 0) is 88.0 Å². The number of alkyl halides is 3. The third-order valence-corrected chi connectivity index (χ3v) is 12.1. The van der Waals surface area contributed by atoms with Crippen molar-refractivity contribution in [3.8, 4) is 44.5 Å². The first-order chi connectivity index (χ1) is 27.0. The summed E-state index contributed by atoms with van der Waals surface area (Å²) in [5, 5.41) is 2.35. The van der Waals surface area contributed by atoms with Crippen molar-refractivity contribution in [3.63, 3.8) is 0 Å². The average molecular weight is 909 g/mol. The molecule has 0 atom stereocenters. The van der Waals surface area contributed by atoms with Crippen LogP contribution in [0.3, 0.4) is 0 Å². The number of H-pyrrole nitrogens is 2. The summed E-state index contributed by atoms with van der Waals surface area (Å²) in [7, 11) is 0. The molecule has 4 N–H and O–H groups in total. The molecule has 268 valence electrons. The molecule has 3 aromatic heterocycles. The highest BCUT2D eigenvalue weighted by molar-refractivity contribution is 9.09. The number of nitrogens with zero attached hydrogens (tertiary/aromatic N) is 2. The van der Waals surface area contributed by atoms with Crippen LogP contribution < -0.4 is 5.73 Å². The summed E-state index contributed by atoms with van der Waals surface area (Å²) in [6, 6.07) is 42.6. The van der Waals surface area contributed by atoms with Crippen LogP contribution in [-0.4, -0.2) is 19.9 Å². The maximum absolute atomic E-state index is 6.72. The van der Waals surface area contributed by atoms with E-state index in [0.717, 1.165) is 105 Å². The van der Waals surface area contributed by atoms with Crippen LogP contribution in [0.25, 0.3) is 90.9 Å². The van der Waals surface area contributed by atoms with Gasteiger partial charge in [-0.1, -0.05) is 139 Å². The summed E-state index contributed by atoms with van der Waals surface area (Å²) >= 11 is 10.9. The van der Waals surface area contributed by atoms with Crippen LogP contribution in [0.5, 0.6) is 0 Å². The van der Waals surface area contributed by atoms with E-state index in [1.165, 1.54) is 16.7 Å². The number of aromatic amines is 2. The van der Waals surface area contributed by atoms with Crippen LogP contribution in [0.2, 0.25) is 0 Å². The highest BCUT2D eigenvalue weighted by Gasteiger charge is 2.19. The first kappa shape index (κ1) is 35.4. The highest BCUT2D eigenvalue weighted by Crippen LogP contribution is 2.39. The molecule has 55 heavy (non-hydrogen) atoms. The van der Waals surface area contributed by atoms with Crippen molar-refractivity contribution in [2.75, 3.05) is 5.73 Å². The predicted octanol–water partition coefficient (Wildman–Crippen LogP) is 13.6. The number of nitrogens with two attached hydrogens (primary N) is 1. The quantitative estimate of drug-likeness (QED) is 0.110. The number of hydrogen-bond acceptors (Lipinski definition) is 3. The van der Waals surface area contributed by atoms with Gasteiger partial charge in [0.05, 0.1) is 22.8 Å². The average Bonchev–Trinajstić information content (AvgIpc) is 4.07. The maximum Gasteiger partial charge on any atom is 0.0738 e. The van der Waals surface area contributed by atoms with Crippen LogP contribution in [0.4, 0.5) is 5.69 Å². The summed E-state index contributed by atoms with van der Waals surface area (Å²) in [5.41, 5.74) is 26.3. The van der Waals surface area contributed by atoms with Gasteiger partial charge < -0.3 is 15.7 Å². The summed E-state index contributed by atoms with van der Waals surface area (Å²) in [6.07, 6.45) is 8.48. The smallest absolute Gasteiger partial charge is 0.0738 e. The van der Waals surface area contributed by atoms with E-state index in [-0.39, 0.29) is 0 Å². The van der Waals surface area contributed by atoms with Crippen molar-refractivity contribution in [1.82, 2.24) is 19.9 Å². The molecular formula is C47H34Br3N5. The van der Waals surface area contributed by atoms with Gasteiger partial charge in [0, 0.05) is 71.6 Å². The SMILES string of the molecule is Nc1ccccc1-c1c2nc(c(-c3ccc(CBr)cc3)c3ccc([nH]3)c(-c3ccc(CBr)cc3)c3nc(c(-c4ccc(CBr)cc4)c4ccc1[nH]4)C=C3)C=C2. The first-order valence-electron chi connectivity index (χ1n) is 18.0. The van der Waals surface area contributed by atoms with E-state index in [1.54, 1.807) is 0 Å². The van der Waals surface area contributed by atoms with Gasteiger partial charge in [0.15, 0.2) is 0 Å². The molecule has 0 saturated heterocycles. The molecule has 8 bridgehead atoms. The number of aromatic nitrogens is 4. The Balaban J connectivity index is 1.45. The summed E-state index contributed by atoms with van der Waals surface area (Å²) in [6.45, 7) is 0. The molecule has 2 aliphatic rings. The van der Waals surface area contributed by atoms with Gasteiger partial charge in [0.25, 0.3) is 0 Å². The van der Waals surface area contributed by atoms with Crippen molar-refractivity contribution in [2.45, 2.75) is 16.0 Å². The molecule has 2 aliphatic heterocycles. The molecule has 4 aromatic carbocycles. The van der Waals surface area contributed by atoms with E-state index in [1.807, 2.05) is 18.2 Å². The first-order valence-corrected chi connectivity index (χ1v) is 21.3. The second kappa shape index (κ2) is 15.1. The fraction of sp³-hybridized carbons (Fsp3) is 0.0638. The lowest BCUT2D eigenvalue weighted by atomic mass is 10.0. The lowest BCUT2D eigenvalue weighted by molar-refractivity contribution is 1.31. The number of halogens is 3. The number of fused-ring (bicyclic) bond motifs is 8. The van der Waals surface area contributed by atoms with E-state index < -0.39 is 0 Å². The predicted molar refractivity (Wildman–Crippen MR) is 243 cm³/mol. The standard InChI is InChI=1S/C47H34Br3N5/c48-25-28-5-11-31(12-6-28)44-36-17-19-38(52-36)45(32-13-7-29(26-49)8-14-32)40-21-23-42(54-40)47(34-3-1-2-4-35(34)51)43-24-22-41(55-43)46(39-20-18-37(44)53-39)33-15-9-30(27-50)10-16-33/h1-24,52,55H,25-27,51H2. The molecule has 8 heteroatoms. The minimum atomic E-state index is 0.681. The minimum absolute atomic E-state index is 0.681. The van der Waals surface area contributed by atoms with Gasteiger partial charge in [0.2, 0.25) is 0 Å². The fourth-order valence-corrected chi connectivity index (χ4v) is 8.53. The molecule has 5 heterocycles. The van der Waals surface area contributed by atoms with Crippen molar-refractivity contribution < 1.29 is 0 Å². The molecule has 5 nitrogen and oxygen atoms in total. The molecule has 0 spiro atoms. The van der Waals surface area contributed by atoms with Crippen LogP contribution in [0, 0.1) is 0 Å². The minimum Gasteiger partial charge on any atom is -0.398 e. The van der Waals surface area contributed by atoms with E-state index in [0.29, 0.717) is 5.69 Å². The van der Waals surface area contributed by atoms with Gasteiger partial charge >= 0.3 is 0 Å². The van der Waals surface area contributed by atoms with E-state index >= 15 is 0 Å². The number of benzene rings is 4. The molecular weight excluding hydrogens is 874 g/mol. The Morgan fingerprint density at radius 3 is 1.07 bits per heavy atom. The summed E-state index contributed by atoms with van der Waals surface area (Å²) < 4.78 is 0. The lowest BCUT2D eigenvalue weighted by Crippen LogP contribution is -1.93. The number of nitrogen functional groups attached to an aromatic ring is 1. The van der Waals surface area contributed by atoms with E-state index in [9.17, 15) is 0 Å². The van der Waals surface area contributed by atoms with E-state index in [2.05, 4.69) is 185 Å². The van der Waals surface area contributed by atoms with Gasteiger partial charge in [-0.2, -0.15) is 0 Å². The Kier molecular flexibility index (Phi) is 9.72. The highest BCUT2D eigenvalue weighted by atomic mass is 79.9. The van der Waals surface area contributed by atoms with Crippen LogP contribution in [0.1, 0.15) is 39.5 Å². The van der Waals surface area contributed by atoms with Gasteiger partial charge in [-0.3, -0.25) is 0 Å². The monoisotopic (exact) mass is 905 g/mol. The second-order valence-electron chi connectivity index (χ2n) is 13.6. The zero-order valence-electron chi connectivity index (χ0n) is 29.6. The molecule has 0 fully saturated rings. The molecule has 0 aliphatic carbocycles. The summed E-state index contributed by atoms with van der Waals surface area (Å²) in [5.74, 6) is 0.